The fraction of sp³-hybridized carbons (Fsp3) is 0.150. The number of fused-ring (bicyclic) bond motifs is 1. The number of hydrogen-bond acceptors (Lipinski definition) is 3. The summed E-state index contributed by atoms with van der Waals surface area (Å²) < 4.78 is 26.4. The Hall–Kier alpha value is -3.15. The monoisotopic (exact) mass is 351 g/mol. The molecular weight excluding hydrogens is 336 g/mol. The van der Waals surface area contributed by atoms with E-state index in [0.29, 0.717) is 30.9 Å². The maximum atomic E-state index is 13.4. The highest BCUT2D eigenvalue weighted by Crippen LogP contribution is 2.22. The largest absolute Gasteiger partial charge is 0.334 e. The van der Waals surface area contributed by atoms with Crippen molar-refractivity contribution in [2.24, 2.45) is 0 Å². The highest BCUT2D eigenvalue weighted by atomic mass is 19.1. The van der Waals surface area contributed by atoms with Crippen molar-refractivity contribution >= 4 is 5.91 Å². The highest BCUT2D eigenvalue weighted by Gasteiger charge is 2.23. The Bertz CT molecular complexity index is 973. The van der Waals surface area contributed by atoms with Crippen molar-refractivity contribution in [3.63, 3.8) is 0 Å². The van der Waals surface area contributed by atoms with E-state index < -0.39 is 5.82 Å². The average Bonchev–Trinajstić information content (AvgIpc) is 2.67. The minimum atomic E-state index is -0.430. The minimum absolute atomic E-state index is 0.210. The van der Waals surface area contributed by atoms with Gasteiger partial charge < -0.3 is 4.90 Å². The molecule has 0 unspecified atom stereocenters. The van der Waals surface area contributed by atoms with Crippen molar-refractivity contribution in [1.82, 2.24) is 14.9 Å². The van der Waals surface area contributed by atoms with E-state index in [-0.39, 0.29) is 11.7 Å². The smallest absolute Gasteiger partial charge is 0.254 e. The molecule has 26 heavy (non-hydrogen) atoms. The van der Waals surface area contributed by atoms with E-state index in [4.69, 9.17) is 0 Å². The second-order valence-corrected chi connectivity index (χ2v) is 6.16. The number of nitrogens with zero attached hydrogens (tertiary/aromatic N) is 3. The Labute approximate surface area is 149 Å². The van der Waals surface area contributed by atoms with Gasteiger partial charge in [-0.15, -0.1) is 0 Å². The van der Waals surface area contributed by atoms with Crippen LogP contribution in [0.3, 0.4) is 0 Å². The number of hydrogen-bond donors (Lipinski definition) is 0. The fourth-order valence-electron chi connectivity index (χ4n) is 3.03. The van der Waals surface area contributed by atoms with Crippen LogP contribution in [0.4, 0.5) is 8.78 Å². The summed E-state index contributed by atoms with van der Waals surface area (Å²) in [5.74, 6) is -0.412. The summed E-state index contributed by atoms with van der Waals surface area (Å²) in [6, 6.07) is 11.7. The number of rotatable bonds is 2. The van der Waals surface area contributed by atoms with Gasteiger partial charge in [-0.2, -0.15) is 0 Å². The van der Waals surface area contributed by atoms with Crippen LogP contribution in [0.5, 0.6) is 0 Å². The van der Waals surface area contributed by atoms with E-state index in [1.165, 1.54) is 30.3 Å². The molecular formula is C20H15F2N3O. The molecule has 1 amide bonds. The molecule has 0 saturated carbocycles. The van der Waals surface area contributed by atoms with E-state index >= 15 is 0 Å². The Kier molecular flexibility index (Phi) is 4.16. The standard InChI is InChI=1S/C20H15F2N3O/c21-16-6-4-13(5-7-16)19-23-11-15-12-25(9-8-18(15)24-19)20(26)14-2-1-3-17(22)10-14/h1-7,10-11H,8-9,12H2. The van der Waals surface area contributed by atoms with Crippen LogP contribution in [0, 0.1) is 11.6 Å². The summed E-state index contributed by atoms with van der Waals surface area (Å²) in [5.41, 5.74) is 2.82. The SMILES string of the molecule is O=C(c1cccc(F)c1)N1CCc2nc(-c3ccc(F)cc3)ncc2C1. The number of halogens is 2. The predicted molar refractivity (Wildman–Crippen MR) is 92.3 cm³/mol. The molecule has 0 fully saturated rings. The van der Waals surface area contributed by atoms with Gasteiger partial charge in [0.15, 0.2) is 5.82 Å². The van der Waals surface area contributed by atoms with Gasteiger partial charge in [-0.1, -0.05) is 6.07 Å². The van der Waals surface area contributed by atoms with Gasteiger partial charge in [0, 0.05) is 42.4 Å². The highest BCUT2D eigenvalue weighted by molar-refractivity contribution is 5.94. The first kappa shape index (κ1) is 16.3. The molecule has 2 heterocycles. The molecule has 0 N–H and O–H groups in total. The summed E-state index contributed by atoms with van der Waals surface area (Å²) >= 11 is 0. The van der Waals surface area contributed by atoms with E-state index in [2.05, 4.69) is 9.97 Å². The summed E-state index contributed by atoms with van der Waals surface area (Å²) in [6.07, 6.45) is 2.29. The summed E-state index contributed by atoms with van der Waals surface area (Å²) in [5, 5.41) is 0. The lowest BCUT2D eigenvalue weighted by atomic mass is 10.1. The molecule has 0 radical (unpaired) electrons. The number of carbonyl (C=O) groups excluding carboxylic acids is 1. The lowest BCUT2D eigenvalue weighted by molar-refractivity contribution is 0.0733. The molecule has 3 aromatic rings. The summed E-state index contributed by atoms with van der Waals surface area (Å²) in [7, 11) is 0. The molecule has 1 aromatic heterocycles. The maximum absolute atomic E-state index is 13.4. The van der Waals surface area contributed by atoms with Crippen LogP contribution in [0.25, 0.3) is 11.4 Å². The predicted octanol–water partition coefficient (Wildman–Crippen LogP) is 3.62. The van der Waals surface area contributed by atoms with Crippen molar-refractivity contribution in [1.29, 1.82) is 0 Å². The van der Waals surface area contributed by atoms with Crippen LogP contribution in [0.15, 0.2) is 54.7 Å². The number of benzene rings is 2. The molecule has 1 aliphatic rings. The quantitative estimate of drug-likeness (QED) is 0.708. The van der Waals surface area contributed by atoms with Gasteiger partial charge in [0.25, 0.3) is 5.91 Å². The van der Waals surface area contributed by atoms with Crippen LogP contribution in [0.2, 0.25) is 0 Å². The Balaban J connectivity index is 1.56. The molecule has 0 saturated heterocycles. The average molecular weight is 351 g/mol. The van der Waals surface area contributed by atoms with Gasteiger partial charge in [-0.3, -0.25) is 4.79 Å². The molecule has 0 spiro atoms. The molecule has 0 atom stereocenters. The van der Waals surface area contributed by atoms with E-state index in [0.717, 1.165) is 16.8 Å². The molecule has 6 heteroatoms. The van der Waals surface area contributed by atoms with Crippen LogP contribution < -0.4 is 0 Å². The normalized spacial score (nSPS) is 13.4. The lowest BCUT2D eigenvalue weighted by Gasteiger charge is -2.28. The number of amides is 1. The maximum Gasteiger partial charge on any atom is 0.254 e. The van der Waals surface area contributed by atoms with E-state index in [1.807, 2.05) is 0 Å². The van der Waals surface area contributed by atoms with Crippen molar-refractivity contribution in [3.05, 3.63) is 83.2 Å². The molecule has 4 nitrogen and oxygen atoms in total. The van der Waals surface area contributed by atoms with Gasteiger partial charge in [0.2, 0.25) is 0 Å². The summed E-state index contributed by atoms with van der Waals surface area (Å²) in [6.45, 7) is 0.886. The van der Waals surface area contributed by atoms with Crippen molar-refractivity contribution in [2.45, 2.75) is 13.0 Å². The minimum Gasteiger partial charge on any atom is -0.334 e. The molecule has 0 aliphatic carbocycles. The lowest BCUT2D eigenvalue weighted by Crippen LogP contribution is -2.36. The van der Waals surface area contributed by atoms with Gasteiger partial charge in [-0.25, -0.2) is 18.7 Å². The van der Waals surface area contributed by atoms with Gasteiger partial charge >= 0.3 is 0 Å². The van der Waals surface area contributed by atoms with Crippen LogP contribution in [-0.4, -0.2) is 27.3 Å². The number of aromatic nitrogens is 2. The second kappa shape index (κ2) is 6.63. The molecule has 1 aliphatic heterocycles. The van der Waals surface area contributed by atoms with E-state index in [1.54, 1.807) is 29.3 Å². The van der Waals surface area contributed by atoms with Crippen molar-refractivity contribution in [2.75, 3.05) is 6.54 Å². The van der Waals surface area contributed by atoms with Crippen molar-refractivity contribution in [3.8, 4) is 11.4 Å². The zero-order chi connectivity index (χ0) is 18.1. The molecule has 4 rings (SSSR count). The van der Waals surface area contributed by atoms with Crippen LogP contribution >= 0.6 is 0 Å². The number of carbonyl (C=O) groups is 1. The third kappa shape index (κ3) is 3.18. The molecule has 2 aromatic carbocycles. The fourth-order valence-corrected chi connectivity index (χ4v) is 3.03. The second-order valence-electron chi connectivity index (χ2n) is 6.16. The van der Waals surface area contributed by atoms with Gasteiger partial charge in [-0.05, 0) is 42.5 Å². The van der Waals surface area contributed by atoms with Gasteiger partial charge in [0.05, 0.1) is 5.69 Å². The molecule has 130 valence electrons. The van der Waals surface area contributed by atoms with E-state index in [9.17, 15) is 13.6 Å². The Morgan fingerprint density at radius 1 is 1.04 bits per heavy atom. The Morgan fingerprint density at radius 2 is 1.85 bits per heavy atom. The van der Waals surface area contributed by atoms with Crippen LogP contribution in [-0.2, 0) is 13.0 Å². The third-order valence-corrected chi connectivity index (χ3v) is 4.40. The van der Waals surface area contributed by atoms with Crippen LogP contribution in [0.1, 0.15) is 21.6 Å². The van der Waals surface area contributed by atoms with Gasteiger partial charge in [0.1, 0.15) is 11.6 Å². The molecule has 0 bridgehead atoms. The zero-order valence-electron chi connectivity index (χ0n) is 13.8. The zero-order valence-corrected chi connectivity index (χ0v) is 13.8. The van der Waals surface area contributed by atoms with Crippen molar-refractivity contribution < 1.29 is 13.6 Å². The summed E-state index contributed by atoms with van der Waals surface area (Å²) in [4.78, 5) is 23.1. The first-order valence-corrected chi connectivity index (χ1v) is 8.26. The third-order valence-electron chi connectivity index (χ3n) is 4.40. The first-order chi connectivity index (χ1) is 12.6. The first-order valence-electron chi connectivity index (χ1n) is 8.26. The Morgan fingerprint density at radius 3 is 2.62 bits per heavy atom. The topological polar surface area (TPSA) is 46.1 Å².